The van der Waals surface area contributed by atoms with Crippen LogP contribution in [0.15, 0.2) is 13.8 Å². The van der Waals surface area contributed by atoms with E-state index in [1.165, 1.54) is 0 Å². The first-order valence-electron chi connectivity index (χ1n) is 9.55. The van der Waals surface area contributed by atoms with Gasteiger partial charge in [0.05, 0.1) is 5.54 Å². The fraction of sp³-hybridized carbons (Fsp3) is 1.00. The fourth-order valence-corrected chi connectivity index (χ4v) is 16.1. The fourth-order valence-electron chi connectivity index (χ4n) is 3.48. The zero-order valence-electron chi connectivity index (χ0n) is 21.4. The molecular weight excluding hydrogens is 425 g/mol. The Labute approximate surface area is 181 Å². The lowest BCUT2D eigenvalue weighted by atomic mass is 10.1. The number of nitrogens with zero attached hydrogens (tertiary/aromatic N) is 9. The summed E-state index contributed by atoms with van der Waals surface area (Å²) < 4.78 is 28.7. The van der Waals surface area contributed by atoms with Gasteiger partial charge in [0.1, 0.15) is 0 Å². The molecule has 0 atom stereocenters. The van der Waals surface area contributed by atoms with E-state index >= 15 is 0 Å². The first kappa shape index (κ1) is 29.4. The lowest BCUT2D eigenvalue weighted by molar-refractivity contribution is 0.473. The highest BCUT2D eigenvalue weighted by Crippen LogP contribution is 2.70. The van der Waals surface area contributed by atoms with Gasteiger partial charge in [0.25, 0.3) is 7.51 Å². The van der Waals surface area contributed by atoms with Crippen molar-refractivity contribution in [2.45, 2.75) is 26.3 Å². The molecule has 10 nitrogen and oxygen atoms in total. The molecule has 29 heavy (non-hydrogen) atoms. The lowest BCUT2D eigenvalue weighted by Crippen LogP contribution is -2.32. The summed E-state index contributed by atoms with van der Waals surface area (Å²) in [7, 11) is 17.1. The third-order valence-corrected chi connectivity index (χ3v) is 15.5. The minimum Gasteiger partial charge on any atom is -0.261 e. The topological polar surface area (TPSA) is 82.5 Å². The Bertz CT molecular complexity index is 597. The minimum atomic E-state index is -2.93. The van der Waals surface area contributed by atoms with E-state index in [1.807, 2.05) is 84.6 Å². The highest BCUT2D eigenvalue weighted by Gasteiger charge is 2.36. The van der Waals surface area contributed by atoms with Crippen molar-refractivity contribution in [2.75, 3.05) is 84.6 Å². The molecule has 0 rings (SSSR count). The maximum atomic E-state index is 7.09. The molecule has 0 heterocycles. The van der Waals surface area contributed by atoms with Gasteiger partial charge in [-0.3, -0.25) is 33.5 Å². The molecular formula is C16H47N10P3. The normalized spacial score (nSPS) is 14.7. The summed E-state index contributed by atoms with van der Waals surface area (Å²) in [5.74, 6) is 0. The Hall–Kier alpha value is 0.410. The van der Waals surface area contributed by atoms with Gasteiger partial charge in [0.2, 0.25) is 0 Å². The quantitative estimate of drug-likeness (QED) is 0.536. The first-order valence-corrected chi connectivity index (χ1v) is 14.5. The van der Waals surface area contributed by atoms with Crippen molar-refractivity contribution in [1.82, 2.24) is 28.0 Å². The molecule has 0 aliphatic heterocycles. The third-order valence-electron chi connectivity index (χ3n) is 4.17. The lowest BCUT2D eigenvalue weighted by Gasteiger charge is -2.44. The number of rotatable bonds is 8. The number of hydrogen-bond donors (Lipinski definition) is 1. The van der Waals surface area contributed by atoms with Crippen molar-refractivity contribution in [2.24, 2.45) is 19.3 Å². The Balaban J connectivity index is 7.72. The first-order chi connectivity index (χ1) is 12.8. The van der Waals surface area contributed by atoms with Gasteiger partial charge in [-0.2, -0.15) is 9.03 Å². The van der Waals surface area contributed by atoms with E-state index in [1.54, 1.807) is 0 Å². The van der Waals surface area contributed by atoms with Crippen LogP contribution in [0.3, 0.4) is 0 Å². The molecule has 0 amide bonds. The summed E-state index contributed by atoms with van der Waals surface area (Å²) >= 11 is 0. The van der Waals surface area contributed by atoms with E-state index in [0.717, 1.165) is 0 Å². The summed E-state index contributed by atoms with van der Waals surface area (Å²) in [4.78, 5) is 0. The van der Waals surface area contributed by atoms with Crippen LogP contribution in [-0.2, 0) is 0 Å². The van der Waals surface area contributed by atoms with Gasteiger partial charge in [-0.15, -0.1) is 0 Å². The summed E-state index contributed by atoms with van der Waals surface area (Å²) in [6.45, 7) is 6.17. The summed E-state index contributed by atoms with van der Waals surface area (Å²) in [6, 6.07) is 0. The molecule has 0 fully saturated rings. The van der Waals surface area contributed by atoms with Crippen molar-refractivity contribution >= 4 is 22.5 Å². The van der Waals surface area contributed by atoms with Gasteiger partial charge in [0, 0.05) is 0 Å². The van der Waals surface area contributed by atoms with Crippen LogP contribution in [0.5, 0.6) is 0 Å². The summed E-state index contributed by atoms with van der Waals surface area (Å²) in [5.41, 5.74) is 6.73. The predicted molar refractivity (Wildman–Crippen MR) is 134 cm³/mol. The second-order valence-corrected chi connectivity index (χ2v) is 19.0. The zero-order valence-corrected chi connectivity index (χ0v) is 24.1. The molecule has 0 aromatic rings. The molecule has 0 radical (unpaired) electrons. The Morgan fingerprint density at radius 1 is 0.517 bits per heavy atom. The van der Waals surface area contributed by atoms with Crippen molar-refractivity contribution in [1.29, 1.82) is 0 Å². The van der Waals surface area contributed by atoms with Crippen LogP contribution in [0.1, 0.15) is 20.8 Å². The Morgan fingerprint density at radius 3 is 0.862 bits per heavy atom. The number of hydrogen-bond acceptors (Lipinski definition) is 1. The third kappa shape index (κ3) is 6.69. The van der Waals surface area contributed by atoms with E-state index in [2.05, 4.69) is 48.8 Å². The van der Waals surface area contributed by atoms with Crippen LogP contribution in [-0.4, -0.2) is 118 Å². The van der Waals surface area contributed by atoms with Crippen LogP contribution >= 0.6 is 22.5 Å². The molecule has 0 bridgehead atoms. The van der Waals surface area contributed by atoms with Crippen LogP contribution in [0.2, 0.25) is 0 Å². The second kappa shape index (κ2) is 10.4. The largest absolute Gasteiger partial charge is 0.261 e. The maximum absolute atomic E-state index is 7.09. The molecule has 0 unspecified atom stereocenters. The molecule has 0 aliphatic rings. The molecule has 2 N–H and O–H groups in total. The standard InChI is InChI=1S/C16H47N10P3/c1-16(2,3)18-27(17,19-28(21(4)5,22(6)7)23(8)9)20-29(24(10)11,25(12)13)26(14)15/h17H2,1-15H3. The average Bonchev–Trinajstić information content (AvgIpc) is 2.46. The van der Waals surface area contributed by atoms with Gasteiger partial charge in [-0.05, 0) is 105 Å². The van der Waals surface area contributed by atoms with Crippen LogP contribution < -0.4 is 5.50 Å². The van der Waals surface area contributed by atoms with E-state index in [9.17, 15) is 0 Å². The summed E-state index contributed by atoms with van der Waals surface area (Å²) in [5, 5.41) is 0. The predicted octanol–water partition coefficient (Wildman–Crippen LogP) is 3.95. The second-order valence-electron chi connectivity index (χ2n) is 9.22. The maximum Gasteiger partial charge on any atom is 0.255 e. The van der Waals surface area contributed by atoms with Crippen molar-refractivity contribution in [3.63, 3.8) is 0 Å². The summed E-state index contributed by atoms with van der Waals surface area (Å²) in [6.07, 6.45) is 0. The van der Waals surface area contributed by atoms with Gasteiger partial charge >= 0.3 is 0 Å². The van der Waals surface area contributed by atoms with Crippen molar-refractivity contribution < 1.29 is 0 Å². The van der Waals surface area contributed by atoms with E-state index in [4.69, 9.17) is 19.3 Å². The van der Waals surface area contributed by atoms with E-state index < -0.39 is 22.5 Å². The van der Waals surface area contributed by atoms with Crippen molar-refractivity contribution in [3.05, 3.63) is 0 Å². The Kier molecular flexibility index (Phi) is 10.5. The molecule has 0 saturated heterocycles. The van der Waals surface area contributed by atoms with Crippen LogP contribution in [0, 0.1) is 0 Å². The van der Waals surface area contributed by atoms with Gasteiger partial charge in [-0.25, -0.2) is 4.74 Å². The van der Waals surface area contributed by atoms with Crippen molar-refractivity contribution in [3.8, 4) is 0 Å². The molecule has 13 heteroatoms. The Morgan fingerprint density at radius 2 is 0.724 bits per heavy atom. The highest BCUT2D eigenvalue weighted by atomic mass is 31.2. The molecule has 176 valence electrons. The SMILES string of the molecule is CN(C)P(=NP(N)(=NC(C)(C)C)N=P(N(C)C)(N(C)C)N(C)C)(N(C)C)N(C)C. The molecule has 0 aromatic heterocycles. The monoisotopic (exact) mass is 472 g/mol. The van der Waals surface area contributed by atoms with Crippen LogP contribution in [0.25, 0.3) is 0 Å². The van der Waals surface area contributed by atoms with E-state index in [0.29, 0.717) is 0 Å². The molecule has 0 saturated carbocycles. The highest BCUT2D eigenvalue weighted by molar-refractivity contribution is 7.76. The van der Waals surface area contributed by atoms with Gasteiger partial charge in [-0.1, -0.05) is 0 Å². The smallest absolute Gasteiger partial charge is 0.255 e. The molecule has 0 aromatic carbocycles. The van der Waals surface area contributed by atoms with E-state index in [-0.39, 0.29) is 5.54 Å². The van der Waals surface area contributed by atoms with Crippen LogP contribution in [0.4, 0.5) is 0 Å². The molecule has 0 aliphatic carbocycles. The number of nitrogens with two attached hydrogens (primary N) is 1. The van der Waals surface area contributed by atoms with Gasteiger partial charge in [0.15, 0.2) is 15.0 Å². The zero-order chi connectivity index (χ0) is 23.6. The average molecular weight is 473 g/mol. The minimum absolute atomic E-state index is 0.364. The molecule has 0 spiro atoms. The van der Waals surface area contributed by atoms with Gasteiger partial charge < -0.3 is 0 Å².